The summed E-state index contributed by atoms with van der Waals surface area (Å²) in [5, 5.41) is 8.52. The van der Waals surface area contributed by atoms with Crippen molar-refractivity contribution in [2.24, 2.45) is 0 Å². The van der Waals surface area contributed by atoms with Crippen molar-refractivity contribution in [1.29, 1.82) is 0 Å². The molecule has 11 nitrogen and oxygen atoms in total. The van der Waals surface area contributed by atoms with Crippen LogP contribution in [0.5, 0.6) is 0 Å². The quantitative estimate of drug-likeness (QED) is 0.516. The van der Waals surface area contributed by atoms with E-state index in [9.17, 15) is 27.6 Å². The van der Waals surface area contributed by atoms with Crippen LogP contribution >= 0.6 is 0 Å². The molecule has 4 rings (SSSR count). The fraction of sp³-hybridized carbons (Fsp3) is 0.636. The number of esters is 1. The number of hydrogen-bond acceptors (Lipinski definition) is 8. The van der Waals surface area contributed by atoms with Crippen LogP contribution in [0.15, 0.2) is 16.9 Å². The number of hydrogen-bond donors (Lipinski definition) is 1. The second-order valence-corrected chi connectivity index (χ2v) is 12.9. The Balaban J connectivity index is 1.41. The third kappa shape index (κ3) is 4.36. The summed E-state index contributed by atoms with van der Waals surface area (Å²) in [6.45, 7) is 6.09. The van der Waals surface area contributed by atoms with E-state index >= 15 is 0 Å². The molecular formula is C22H29N3O8S. The molecule has 0 atom stereocenters. The monoisotopic (exact) mass is 495 g/mol. The molecule has 2 aliphatic heterocycles. The lowest BCUT2D eigenvalue weighted by Gasteiger charge is -2.41. The zero-order chi connectivity index (χ0) is 25.1. The van der Waals surface area contributed by atoms with Gasteiger partial charge >= 0.3 is 11.9 Å². The average Bonchev–Trinajstić information content (AvgIpc) is 3.46. The Labute approximate surface area is 197 Å². The molecule has 34 heavy (non-hydrogen) atoms. The maximum atomic E-state index is 13.4. The van der Waals surface area contributed by atoms with Crippen LogP contribution < -0.4 is 5.56 Å². The topological polar surface area (TPSA) is 143 Å². The number of carboxylic acids is 1. The van der Waals surface area contributed by atoms with Crippen molar-refractivity contribution in [2.45, 2.75) is 55.8 Å². The Morgan fingerprint density at radius 1 is 1.15 bits per heavy atom. The molecule has 1 aliphatic carbocycles. The normalized spacial score (nSPS) is 20.4. The highest BCUT2D eigenvalue weighted by Crippen LogP contribution is 2.47. The number of carbonyl (C=O) groups is 3. The zero-order valence-corrected chi connectivity index (χ0v) is 20.3. The fourth-order valence-electron chi connectivity index (χ4n) is 4.56. The zero-order valence-electron chi connectivity index (χ0n) is 19.4. The van der Waals surface area contributed by atoms with Crippen LogP contribution in [-0.4, -0.2) is 94.1 Å². The van der Waals surface area contributed by atoms with Crippen LogP contribution in [0.25, 0.3) is 0 Å². The molecule has 0 unspecified atom stereocenters. The van der Waals surface area contributed by atoms with E-state index in [1.165, 1.54) is 11.0 Å². The smallest absolute Gasteiger partial charge is 0.341 e. The Kier molecular flexibility index (Phi) is 5.88. The highest BCUT2D eigenvalue weighted by molar-refractivity contribution is 7.93. The summed E-state index contributed by atoms with van der Waals surface area (Å²) in [7, 11) is -3.55. The summed E-state index contributed by atoms with van der Waals surface area (Å²) in [6, 6.07) is 2.41. The van der Waals surface area contributed by atoms with Gasteiger partial charge in [0.2, 0.25) is 0 Å². The van der Waals surface area contributed by atoms with Gasteiger partial charge in [-0.3, -0.25) is 19.3 Å². The number of ether oxygens (including phenoxy) is 1. The van der Waals surface area contributed by atoms with Gasteiger partial charge < -0.3 is 19.3 Å². The van der Waals surface area contributed by atoms with Crippen molar-refractivity contribution < 1.29 is 32.6 Å². The molecule has 0 aromatic carbocycles. The Morgan fingerprint density at radius 3 is 2.35 bits per heavy atom. The van der Waals surface area contributed by atoms with E-state index < -0.39 is 54.4 Å². The number of rotatable bonds is 7. The largest absolute Gasteiger partial charge is 0.477 e. The lowest BCUT2D eigenvalue weighted by Crippen LogP contribution is -2.60. The van der Waals surface area contributed by atoms with Gasteiger partial charge in [-0.1, -0.05) is 0 Å². The van der Waals surface area contributed by atoms with E-state index in [2.05, 4.69) is 0 Å². The molecule has 3 aliphatic rings. The van der Waals surface area contributed by atoms with E-state index in [-0.39, 0.29) is 45.0 Å². The van der Waals surface area contributed by atoms with Crippen LogP contribution in [0.3, 0.4) is 0 Å². The van der Waals surface area contributed by atoms with Gasteiger partial charge in [0.25, 0.3) is 11.5 Å². The lowest BCUT2D eigenvalue weighted by molar-refractivity contribution is -0.157. The Hall–Kier alpha value is -2.73. The number of amides is 1. The first-order valence-corrected chi connectivity index (χ1v) is 12.7. The molecule has 0 bridgehead atoms. The molecule has 12 heteroatoms. The number of pyridine rings is 1. The van der Waals surface area contributed by atoms with Gasteiger partial charge in [-0.25, -0.2) is 13.2 Å². The molecule has 1 saturated carbocycles. The standard InChI is InChI=1S/C22H29N3O8S/c1-21(2,3)33-17(26)12-23-10-14(11-23)34(31,32)22(6-7-22)13-24-8-9-25-16(19(24)28)5-4-15(18(25)27)20(29)30/h4-5,14H,6-13H2,1-3H3,(H,29,30). The highest BCUT2D eigenvalue weighted by atomic mass is 32.2. The average molecular weight is 496 g/mol. The summed E-state index contributed by atoms with van der Waals surface area (Å²) in [4.78, 5) is 51.7. The molecule has 1 N–H and O–H groups in total. The molecule has 1 amide bonds. The first kappa shape index (κ1) is 24.4. The predicted molar refractivity (Wildman–Crippen MR) is 121 cm³/mol. The first-order chi connectivity index (χ1) is 15.7. The number of likely N-dealkylation sites (tertiary alicyclic amines) is 1. The number of carboxylic acid groups (broad SMARTS) is 1. The molecule has 0 spiro atoms. The van der Waals surface area contributed by atoms with Crippen molar-refractivity contribution in [2.75, 3.05) is 32.7 Å². The number of aromatic carboxylic acids is 1. The van der Waals surface area contributed by atoms with Gasteiger partial charge in [0.05, 0.1) is 16.5 Å². The van der Waals surface area contributed by atoms with Crippen molar-refractivity contribution in [1.82, 2.24) is 14.4 Å². The number of carbonyl (C=O) groups excluding carboxylic acids is 2. The first-order valence-electron chi connectivity index (χ1n) is 11.2. The van der Waals surface area contributed by atoms with Crippen molar-refractivity contribution >= 4 is 27.7 Å². The molecule has 1 saturated heterocycles. The van der Waals surface area contributed by atoms with E-state index in [0.717, 1.165) is 10.6 Å². The Morgan fingerprint density at radius 2 is 1.79 bits per heavy atom. The SMILES string of the molecule is CC(C)(C)OC(=O)CN1CC(S(=O)(=O)C2(CN3CCn4c(ccc(C(=O)O)c4=O)C3=O)CC2)C1. The third-order valence-electron chi connectivity index (χ3n) is 6.53. The van der Waals surface area contributed by atoms with Gasteiger partial charge in [-0.05, 0) is 45.7 Å². The second-order valence-electron chi connectivity index (χ2n) is 10.3. The molecule has 1 aromatic heterocycles. The maximum Gasteiger partial charge on any atom is 0.341 e. The summed E-state index contributed by atoms with van der Waals surface area (Å²) < 4.78 is 32.1. The number of aromatic nitrogens is 1. The van der Waals surface area contributed by atoms with Crippen molar-refractivity contribution in [3.63, 3.8) is 0 Å². The van der Waals surface area contributed by atoms with Crippen molar-refractivity contribution in [3.05, 3.63) is 33.7 Å². The molecule has 186 valence electrons. The highest BCUT2D eigenvalue weighted by Gasteiger charge is 2.60. The number of fused-ring (bicyclic) bond motifs is 1. The number of sulfone groups is 1. The summed E-state index contributed by atoms with van der Waals surface area (Å²) >= 11 is 0. The van der Waals surface area contributed by atoms with Gasteiger partial charge in [-0.15, -0.1) is 0 Å². The summed E-state index contributed by atoms with van der Waals surface area (Å²) in [5.41, 5.74) is -1.70. The third-order valence-corrected chi connectivity index (χ3v) is 9.45. The minimum atomic E-state index is -3.55. The number of nitrogens with zero attached hydrogens (tertiary/aromatic N) is 3. The molecule has 0 radical (unpaired) electrons. The van der Waals surface area contributed by atoms with Crippen LogP contribution in [-0.2, 0) is 25.9 Å². The van der Waals surface area contributed by atoms with E-state index in [4.69, 9.17) is 9.84 Å². The molecular weight excluding hydrogens is 466 g/mol. The summed E-state index contributed by atoms with van der Waals surface area (Å²) in [6.07, 6.45) is 0.902. The minimum Gasteiger partial charge on any atom is -0.477 e. The molecule has 2 fully saturated rings. The molecule has 1 aromatic rings. The summed E-state index contributed by atoms with van der Waals surface area (Å²) in [5.74, 6) is -2.25. The Bertz CT molecular complexity index is 1200. The van der Waals surface area contributed by atoms with Crippen molar-refractivity contribution in [3.8, 4) is 0 Å². The van der Waals surface area contributed by atoms with Crippen LogP contribution in [0.2, 0.25) is 0 Å². The second kappa shape index (κ2) is 8.19. The predicted octanol–water partition coefficient (Wildman–Crippen LogP) is -0.0244. The molecule has 3 heterocycles. The fourth-order valence-corrected chi connectivity index (χ4v) is 7.09. The maximum absolute atomic E-state index is 13.4. The van der Waals surface area contributed by atoms with Gasteiger partial charge in [-0.2, -0.15) is 0 Å². The van der Waals surface area contributed by atoms with Gasteiger partial charge in [0.1, 0.15) is 16.9 Å². The van der Waals surface area contributed by atoms with Crippen LogP contribution in [0.4, 0.5) is 0 Å². The van der Waals surface area contributed by atoms with Gasteiger partial charge in [0.15, 0.2) is 9.84 Å². The lowest BCUT2D eigenvalue weighted by atomic mass is 10.1. The van der Waals surface area contributed by atoms with Crippen LogP contribution in [0, 0.1) is 0 Å². The van der Waals surface area contributed by atoms with E-state index in [0.29, 0.717) is 12.8 Å². The van der Waals surface area contributed by atoms with Gasteiger partial charge in [0, 0.05) is 32.7 Å². The minimum absolute atomic E-state index is 0.0325. The van der Waals surface area contributed by atoms with E-state index in [1.54, 1.807) is 25.7 Å². The van der Waals surface area contributed by atoms with Crippen LogP contribution in [0.1, 0.15) is 54.5 Å². The van der Waals surface area contributed by atoms with E-state index in [1.807, 2.05) is 0 Å².